The van der Waals surface area contributed by atoms with Gasteiger partial charge in [0.2, 0.25) is 0 Å². The van der Waals surface area contributed by atoms with Gasteiger partial charge in [-0.1, -0.05) is 60.2 Å². The lowest BCUT2D eigenvalue weighted by molar-refractivity contribution is 1.10. The third kappa shape index (κ3) is 1.94. The Bertz CT molecular complexity index is 412. The van der Waals surface area contributed by atoms with Gasteiger partial charge in [0.25, 0.3) is 0 Å². The second kappa shape index (κ2) is 3.90. The first kappa shape index (κ1) is 9.97. The molecule has 0 N–H and O–H groups in total. The van der Waals surface area contributed by atoms with Gasteiger partial charge >= 0.3 is 0 Å². The molecule has 0 atom stereocenters. The molecular formula is C15H16. The lowest BCUT2D eigenvalue weighted by Crippen LogP contribution is -1.88. The Labute approximate surface area is 91.6 Å². The van der Waals surface area contributed by atoms with Gasteiger partial charge in [-0.15, -0.1) is 0 Å². The smallest absolute Gasteiger partial charge is 0.0210 e. The molecule has 1 aromatic rings. The maximum Gasteiger partial charge on any atom is 0.0210 e. The van der Waals surface area contributed by atoms with Crippen molar-refractivity contribution >= 4 is 6.08 Å². The molecule has 0 nitrogen and oxygen atoms in total. The van der Waals surface area contributed by atoms with Gasteiger partial charge in [0, 0.05) is 5.92 Å². The third-order valence-corrected chi connectivity index (χ3v) is 3.04. The second-order valence-corrected chi connectivity index (χ2v) is 4.10. The summed E-state index contributed by atoms with van der Waals surface area (Å²) in [5.41, 5.74) is 5.33. The molecule has 1 aliphatic rings. The van der Waals surface area contributed by atoms with Crippen molar-refractivity contribution in [2.75, 3.05) is 0 Å². The largest absolute Gasteiger partial charge is 0.0985 e. The normalized spacial score (nSPS) is 16.1. The molecule has 76 valence electrons. The van der Waals surface area contributed by atoms with Crippen LogP contribution in [0.25, 0.3) is 6.08 Å². The summed E-state index contributed by atoms with van der Waals surface area (Å²) in [5, 5.41) is 0. The first-order valence-electron chi connectivity index (χ1n) is 5.30. The lowest BCUT2D eigenvalue weighted by atomic mass is 9.99. The SMILES string of the molecule is C=Cc1ccc(C2C=C(C)C(C)=C2)cc1. The summed E-state index contributed by atoms with van der Waals surface area (Å²) in [6, 6.07) is 8.60. The molecule has 0 heteroatoms. The van der Waals surface area contributed by atoms with Crippen molar-refractivity contribution in [3.63, 3.8) is 0 Å². The number of rotatable bonds is 2. The Morgan fingerprint density at radius 1 is 1.00 bits per heavy atom. The minimum atomic E-state index is 0.462. The van der Waals surface area contributed by atoms with Crippen LogP contribution in [0.3, 0.4) is 0 Å². The predicted octanol–water partition coefficient (Wildman–Crippen LogP) is 4.32. The molecule has 0 amide bonds. The van der Waals surface area contributed by atoms with E-state index in [1.54, 1.807) is 0 Å². The Morgan fingerprint density at radius 3 is 2.00 bits per heavy atom. The zero-order valence-electron chi connectivity index (χ0n) is 9.33. The molecule has 0 aromatic heterocycles. The molecule has 0 fully saturated rings. The van der Waals surface area contributed by atoms with E-state index in [4.69, 9.17) is 0 Å². The van der Waals surface area contributed by atoms with Crippen LogP contribution >= 0.6 is 0 Å². The quantitative estimate of drug-likeness (QED) is 0.660. The summed E-state index contributed by atoms with van der Waals surface area (Å²) in [6.45, 7) is 8.10. The van der Waals surface area contributed by atoms with Crippen LogP contribution in [0.4, 0.5) is 0 Å². The Morgan fingerprint density at radius 2 is 1.53 bits per heavy atom. The number of hydrogen-bond acceptors (Lipinski definition) is 0. The Kier molecular flexibility index (Phi) is 2.59. The van der Waals surface area contributed by atoms with Crippen molar-refractivity contribution in [2.45, 2.75) is 19.8 Å². The average molecular weight is 196 g/mol. The molecule has 0 unspecified atom stereocenters. The highest BCUT2D eigenvalue weighted by molar-refractivity contribution is 5.50. The fourth-order valence-electron chi connectivity index (χ4n) is 1.90. The van der Waals surface area contributed by atoms with Gasteiger partial charge in [-0.2, -0.15) is 0 Å². The van der Waals surface area contributed by atoms with Gasteiger partial charge in [0.1, 0.15) is 0 Å². The summed E-state index contributed by atoms with van der Waals surface area (Å²) in [5.74, 6) is 0.462. The number of benzene rings is 1. The molecule has 0 saturated heterocycles. The van der Waals surface area contributed by atoms with Crippen LogP contribution in [0.1, 0.15) is 30.9 Å². The van der Waals surface area contributed by atoms with Crippen LogP contribution in [-0.2, 0) is 0 Å². The molecular weight excluding hydrogens is 180 g/mol. The van der Waals surface area contributed by atoms with Crippen molar-refractivity contribution in [2.24, 2.45) is 0 Å². The van der Waals surface area contributed by atoms with Crippen LogP contribution < -0.4 is 0 Å². The summed E-state index contributed by atoms with van der Waals surface area (Å²) >= 11 is 0. The van der Waals surface area contributed by atoms with Crippen LogP contribution in [0.5, 0.6) is 0 Å². The van der Waals surface area contributed by atoms with E-state index >= 15 is 0 Å². The van der Waals surface area contributed by atoms with E-state index in [2.05, 4.69) is 56.8 Å². The molecule has 0 saturated carbocycles. The summed E-state index contributed by atoms with van der Waals surface area (Å²) < 4.78 is 0. The molecule has 0 bridgehead atoms. The molecule has 15 heavy (non-hydrogen) atoms. The van der Waals surface area contributed by atoms with Crippen LogP contribution in [0.2, 0.25) is 0 Å². The molecule has 2 rings (SSSR count). The Hall–Kier alpha value is -1.56. The Balaban J connectivity index is 2.29. The first-order valence-corrected chi connectivity index (χ1v) is 5.30. The van der Waals surface area contributed by atoms with E-state index in [1.807, 2.05) is 6.08 Å². The van der Waals surface area contributed by atoms with E-state index < -0.39 is 0 Å². The summed E-state index contributed by atoms with van der Waals surface area (Å²) in [6.07, 6.45) is 6.51. The second-order valence-electron chi connectivity index (χ2n) is 4.10. The first-order chi connectivity index (χ1) is 7.20. The van der Waals surface area contributed by atoms with Crippen LogP contribution in [0, 0.1) is 0 Å². The van der Waals surface area contributed by atoms with Crippen molar-refractivity contribution in [3.8, 4) is 0 Å². The molecule has 1 aliphatic carbocycles. The highest BCUT2D eigenvalue weighted by Gasteiger charge is 2.12. The van der Waals surface area contributed by atoms with Crippen molar-refractivity contribution in [1.29, 1.82) is 0 Å². The van der Waals surface area contributed by atoms with E-state index in [-0.39, 0.29) is 0 Å². The topological polar surface area (TPSA) is 0 Å². The molecule has 0 radical (unpaired) electrons. The fraction of sp³-hybridized carbons (Fsp3) is 0.200. The van der Waals surface area contributed by atoms with E-state index in [1.165, 1.54) is 22.3 Å². The summed E-state index contributed by atoms with van der Waals surface area (Å²) in [4.78, 5) is 0. The van der Waals surface area contributed by atoms with Gasteiger partial charge in [0.05, 0.1) is 0 Å². The van der Waals surface area contributed by atoms with E-state index in [0.717, 1.165) is 0 Å². The van der Waals surface area contributed by atoms with Crippen molar-refractivity contribution in [1.82, 2.24) is 0 Å². The van der Waals surface area contributed by atoms with Gasteiger partial charge in [-0.3, -0.25) is 0 Å². The average Bonchev–Trinajstić information content (AvgIpc) is 2.59. The molecule has 1 aromatic carbocycles. The van der Waals surface area contributed by atoms with Crippen LogP contribution in [-0.4, -0.2) is 0 Å². The maximum absolute atomic E-state index is 3.76. The minimum absolute atomic E-state index is 0.462. The molecule has 0 heterocycles. The lowest BCUT2D eigenvalue weighted by Gasteiger charge is -2.05. The number of allylic oxidation sites excluding steroid dienone is 4. The fourth-order valence-corrected chi connectivity index (χ4v) is 1.90. The molecule has 0 spiro atoms. The van der Waals surface area contributed by atoms with Crippen molar-refractivity contribution < 1.29 is 0 Å². The van der Waals surface area contributed by atoms with Gasteiger partial charge in [-0.05, 0) is 25.0 Å². The van der Waals surface area contributed by atoms with Gasteiger partial charge in [0.15, 0.2) is 0 Å². The van der Waals surface area contributed by atoms with E-state index in [0.29, 0.717) is 5.92 Å². The van der Waals surface area contributed by atoms with Crippen molar-refractivity contribution in [3.05, 3.63) is 65.3 Å². The number of hydrogen-bond donors (Lipinski definition) is 0. The third-order valence-electron chi connectivity index (χ3n) is 3.04. The van der Waals surface area contributed by atoms with Gasteiger partial charge in [-0.25, -0.2) is 0 Å². The summed E-state index contributed by atoms with van der Waals surface area (Å²) in [7, 11) is 0. The molecule has 0 aliphatic heterocycles. The van der Waals surface area contributed by atoms with Crippen LogP contribution in [0.15, 0.2) is 54.1 Å². The highest BCUT2D eigenvalue weighted by atomic mass is 14.2. The zero-order chi connectivity index (χ0) is 10.8. The van der Waals surface area contributed by atoms with Gasteiger partial charge < -0.3 is 0 Å². The highest BCUT2D eigenvalue weighted by Crippen LogP contribution is 2.30. The zero-order valence-corrected chi connectivity index (χ0v) is 9.33. The standard InChI is InChI=1S/C15H16/c1-4-13-5-7-14(8-6-13)15-9-11(2)12(3)10-15/h4-10,15H,1H2,2-3H3. The van der Waals surface area contributed by atoms with E-state index in [9.17, 15) is 0 Å². The monoisotopic (exact) mass is 196 g/mol. The minimum Gasteiger partial charge on any atom is -0.0985 e. The predicted molar refractivity (Wildman–Crippen MR) is 66.8 cm³/mol. The maximum atomic E-state index is 3.76.